The largest absolute Gasteiger partial charge is 0.493 e. The van der Waals surface area contributed by atoms with Crippen LogP contribution in [0.1, 0.15) is 5.89 Å². The first-order chi connectivity index (χ1) is 15.6. The number of oxazole rings is 1. The van der Waals surface area contributed by atoms with E-state index in [0.717, 1.165) is 17.3 Å². The number of fused-ring (bicyclic) bond motifs is 1. The van der Waals surface area contributed by atoms with Crippen molar-refractivity contribution in [2.45, 2.75) is 11.8 Å². The fourth-order valence-electron chi connectivity index (χ4n) is 2.85. The molecule has 0 amide bonds. The predicted molar refractivity (Wildman–Crippen MR) is 114 cm³/mol. The molecular weight excluding hydrogens is 438 g/mol. The molecule has 2 heterocycles. The quantitative estimate of drug-likeness (QED) is 0.270. The van der Waals surface area contributed by atoms with Crippen LogP contribution in [0.4, 0.5) is 0 Å². The summed E-state index contributed by atoms with van der Waals surface area (Å²) in [6.45, 7) is -0.162. The topological polar surface area (TPSA) is 119 Å². The highest BCUT2D eigenvalue weighted by atomic mass is 32.2. The van der Waals surface area contributed by atoms with Crippen LogP contribution in [0.25, 0.3) is 22.6 Å². The zero-order chi connectivity index (χ0) is 22.5. The maximum Gasteiger partial charge on any atom is 0.316 e. The van der Waals surface area contributed by atoms with Crippen molar-refractivity contribution >= 4 is 28.8 Å². The molecule has 2 aromatic heterocycles. The van der Waals surface area contributed by atoms with Gasteiger partial charge in [0.2, 0.25) is 11.6 Å². The van der Waals surface area contributed by atoms with Gasteiger partial charge in [-0.05, 0) is 24.3 Å². The minimum Gasteiger partial charge on any atom is -0.493 e. The number of nitrogens with zero attached hydrogens (tertiary/aromatic N) is 3. The normalized spacial score (nSPS) is 10.8. The van der Waals surface area contributed by atoms with Gasteiger partial charge in [-0.2, -0.15) is 0 Å². The van der Waals surface area contributed by atoms with Gasteiger partial charge in [0, 0.05) is 5.56 Å². The summed E-state index contributed by atoms with van der Waals surface area (Å²) in [5.74, 6) is 1.27. The van der Waals surface area contributed by atoms with Crippen molar-refractivity contribution in [1.82, 2.24) is 15.2 Å². The number of thioether (sulfide) groups is 1. The van der Waals surface area contributed by atoms with Gasteiger partial charge in [-0.3, -0.25) is 4.79 Å². The van der Waals surface area contributed by atoms with E-state index in [-0.39, 0.29) is 24.1 Å². The van der Waals surface area contributed by atoms with Crippen LogP contribution < -0.4 is 14.2 Å². The van der Waals surface area contributed by atoms with Crippen molar-refractivity contribution in [1.29, 1.82) is 0 Å². The molecule has 0 atom stereocenters. The van der Waals surface area contributed by atoms with Crippen LogP contribution in [0.2, 0.25) is 0 Å². The number of carbonyl (C=O) groups excluding carboxylic acids is 1. The molecule has 0 fully saturated rings. The lowest BCUT2D eigenvalue weighted by Gasteiger charge is -2.12. The van der Waals surface area contributed by atoms with E-state index in [4.69, 9.17) is 27.8 Å². The van der Waals surface area contributed by atoms with Crippen molar-refractivity contribution < 1.29 is 32.6 Å². The van der Waals surface area contributed by atoms with Gasteiger partial charge in [0.05, 0.1) is 21.3 Å². The Hall–Kier alpha value is -3.73. The molecule has 0 spiro atoms. The lowest BCUT2D eigenvalue weighted by Crippen LogP contribution is -2.07. The van der Waals surface area contributed by atoms with E-state index in [9.17, 15) is 4.79 Å². The highest BCUT2D eigenvalue weighted by molar-refractivity contribution is 7.99. The molecule has 0 N–H and O–H groups in total. The molecule has 2 aromatic carbocycles. The van der Waals surface area contributed by atoms with Gasteiger partial charge in [0.1, 0.15) is 11.3 Å². The summed E-state index contributed by atoms with van der Waals surface area (Å²) >= 11 is 1.14. The van der Waals surface area contributed by atoms with E-state index < -0.39 is 5.97 Å². The number of methoxy groups -OCH3 is 3. The molecule has 4 rings (SSSR count). The summed E-state index contributed by atoms with van der Waals surface area (Å²) in [4.78, 5) is 16.4. The lowest BCUT2D eigenvalue weighted by molar-refractivity contribution is -0.142. The molecule has 0 saturated carbocycles. The van der Waals surface area contributed by atoms with Gasteiger partial charge in [-0.15, -0.1) is 10.2 Å². The number of ether oxygens (including phenoxy) is 4. The van der Waals surface area contributed by atoms with Gasteiger partial charge in [0.15, 0.2) is 23.7 Å². The Balaban J connectivity index is 1.36. The second-order valence-electron chi connectivity index (χ2n) is 6.31. The summed E-state index contributed by atoms with van der Waals surface area (Å²) in [6, 6.07) is 10.7. The molecule has 166 valence electrons. The van der Waals surface area contributed by atoms with Crippen molar-refractivity contribution in [3.05, 3.63) is 42.3 Å². The Morgan fingerprint density at radius 3 is 2.44 bits per heavy atom. The first-order valence-electron chi connectivity index (χ1n) is 9.38. The average Bonchev–Trinajstić information content (AvgIpc) is 3.47. The zero-order valence-corrected chi connectivity index (χ0v) is 18.3. The third-order valence-corrected chi connectivity index (χ3v) is 5.12. The highest BCUT2D eigenvalue weighted by Gasteiger charge is 2.18. The fraction of sp³-hybridized carbons (Fsp3) is 0.238. The monoisotopic (exact) mass is 457 g/mol. The molecule has 0 saturated heterocycles. The first kappa shape index (κ1) is 21.5. The molecule has 0 aliphatic heterocycles. The van der Waals surface area contributed by atoms with Crippen LogP contribution in [0, 0.1) is 0 Å². The number of esters is 1. The smallest absolute Gasteiger partial charge is 0.316 e. The fourth-order valence-corrected chi connectivity index (χ4v) is 3.49. The van der Waals surface area contributed by atoms with Crippen LogP contribution in [0.5, 0.6) is 17.2 Å². The van der Waals surface area contributed by atoms with Crippen molar-refractivity contribution in [2.75, 3.05) is 27.1 Å². The van der Waals surface area contributed by atoms with Gasteiger partial charge >= 0.3 is 5.97 Å². The minimum atomic E-state index is -0.468. The number of rotatable bonds is 9. The molecule has 32 heavy (non-hydrogen) atoms. The molecule has 10 nitrogen and oxygen atoms in total. The molecule has 11 heteroatoms. The molecular formula is C21H19N3O7S. The maximum atomic E-state index is 12.1. The van der Waals surface area contributed by atoms with Crippen molar-refractivity contribution in [3.63, 3.8) is 0 Å². The molecule has 0 aliphatic rings. The lowest BCUT2D eigenvalue weighted by atomic mass is 10.2. The number of aromatic nitrogens is 3. The summed E-state index contributed by atoms with van der Waals surface area (Å²) in [5, 5.41) is 8.31. The van der Waals surface area contributed by atoms with E-state index in [2.05, 4.69) is 15.2 Å². The third-order valence-electron chi connectivity index (χ3n) is 4.32. The molecule has 0 radical (unpaired) electrons. The van der Waals surface area contributed by atoms with Gasteiger partial charge < -0.3 is 27.8 Å². The molecule has 0 unspecified atom stereocenters. The van der Waals surface area contributed by atoms with E-state index in [0.29, 0.717) is 33.6 Å². The zero-order valence-electron chi connectivity index (χ0n) is 17.5. The van der Waals surface area contributed by atoms with E-state index in [1.807, 2.05) is 24.3 Å². The van der Waals surface area contributed by atoms with Gasteiger partial charge in [-0.1, -0.05) is 23.9 Å². The molecule has 4 aromatic rings. The maximum absolute atomic E-state index is 12.1. The van der Waals surface area contributed by atoms with E-state index >= 15 is 0 Å². The summed E-state index contributed by atoms with van der Waals surface area (Å²) in [6.07, 6.45) is 0. The van der Waals surface area contributed by atoms with Crippen LogP contribution in [-0.4, -0.2) is 48.2 Å². The summed E-state index contributed by atoms with van der Waals surface area (Å²) < 4.78 is 32.3. The van der Waals surface area contributed by atoms with Crippen LogP contribution in [-0.2, 0) is 16.1 Å². The molecule has 0 bridgehead atoms. The van der Waals surface area contributed by atoms with Crippen LogP contribution in [0.15, 0.2) is 50.5 Å². The average molecular weight is 457 g/mol. The van der Waals surface area contributed by atoms with Gasteiger partial charge in [-0.25, -0.2) is 4.98 Å². The third kappa shape index (κ3) is 4.62. The number of carbonyl (C=O) groups is 1. The first-order valence-corrected chi connectivity index (χ1v) is 10.4. The van der Waals surface area contributed by atoms with Crippen molar-refractivity contribution in [2.24, 2.45) is 0 Å². The Morgan fingerprint density at radius 1 is 1.00 bits per heavy atom. The SMILES string of the molecule is COc1cc(-c2nnc(COC(=O)CSc3nc4ccccc4o3)o2)cc(OC)c1OC. The highest BCUT2D eigenvalue weighted by Crippen LogP contribution is 2.40. The Bertz CT molecular complexity index is 1180. The standard InChI is InChI=1S/C21H19N3O7S/c1-26-15-8-12(9-16(27-2)19(15)28-3)20-24-23-17(31-20)10-29-18(25)11-32-21-22-13-6-4-5-7-14(13)30-21/h4-9H,10-11H2,1-3H3. The van der Waals surface area contributed by atoms with Gasteiger partial charge in [0.25, 0.3) is 11.1 Å². The summed E-state index contributed by atoms with van der Waals surface area (Å²) in [7, 11) is 4.54. The Morgan fingerprint density at radius 2 is 1.75 bits per heavy atom. The summed E-state index contributed by atoms with van der Waals surface area (Å²) in [5.41, 5.74) is 1.96. The van der Waals surface area contributed by atoms with E-state index in [1.54, 1.807) is 12.1 Å². The van der Waals surface area contributed by atoms with Crippen molar-refractivity contribution in [3.8, 4) is 28.7 Å². The second kappa shape index (κ2) is 9.60. The Labute approximate surface area is 186 Å². The van der Waals surface area contributed by atoms with Crippen LogP contribution in [0.3, 0.4) is 0 Å². The van der Waals surface area contributed by atoms with Crippen LogP contribution >= 0.6 is 11.8 Å². The number of hydrogen-bond acceptors (Lipinski definition) is 11. The number of hydrogen-bond donors (Lipinski definition) is 0. The minimum absolute atomic E-state index is 0.0285. The number of benzene rings is 2. The Kier molecular flexibility index (Phi) is 6.45. The molecule has 0 aliphatic carbocycles. The second-order valence-corrected chi connectivity index (χ2v) is 7.24. The number of para-hydroxylation sites is 2. The predicted octanol–water partition coefficient (Wildman–Crippen LogP) is 3.74. The van der Waals surface area contributed by atoms with E-state index in [1.165, 1.54) is 21.3 Å².